The van der Waals surface area contributed by atoms with Gasteiger partial charge in [0.2, 0.25) is 0 Å². The topological polar surface area (TPSA) is 209 Å². The van der Waals surface area contributed by atoms with Crippen molar-refractivity contribution in [2.24, 2.45) is 20.5 Å². The Morgan fingerprint density at radius 1 is 0.672 bits per heavy atom. The number of nitro groups is 1. The molecule has 58 heavy (non-hydrogen) atoms. The van der Waals surface area contributed by atoms with Gasteiger partial charge in [-0.15, -0.1) is 10.2 Å². The van der Waals surface area contributed by atoms with Gasteiger partial charge in [-0.25, -0.2) is 0 Å². The number of ketones is 1. The van der Waals surface area contributed by atoms with Crippen molar-refractivity contribution in [3.8, 4) is 22.6 Å². The van der Waals surface area contributed by atoms with Gasteiger partial charge in [-0.05, 0) is 65.0 Å². The molecule has 0 radical (unpaired) electrons. The van der Waals surface area contributed by atoms with Crippen LogP contribution in [-0.2, 0) is 11.4 Å². The second kappa shape index (κ2) is 13.8. The smallest absolute Gasteiger partial charge is 0.271 e. The molecule has 1 aliphatic carbocycles. The number of carbonyl (C=O) groups is 3. The number of hydrogen-bond acceptors (Lipinski definition) is 13. The van der Waals surface area contributed by atoms with Gasteiger partial charge >= 0.3 is 0 Å². The molecule has 3 N–H and O–H groups in total. The van der Waals surface area contributed by atoms with Crippen molar-refractivity contribution in [3.05, 3.63) is 153 Å². The molecule has 2 amide bonds. The maximum atomic E-state index is 13.8. The fourth-order valence-electron chi connectivity index (χ4n) is 7.22. The minimum atomic E-state index is -0.535. The molecular weight excluding hydrogens is 743 g/mol. The highest BCUT2D eigenvalue weighted by atomic mass is 16.6. The molecule has 9 rings (SSSR count). The lowest BCUT2D eigenvalue weighted by Gasteiger charge is -2.24. The van der Waals surface area contributed by atoms with Gasteiger partial charge in [0, 0.05) is 57.6 Å². The van der Waals surface area contributed by atoms with Crippen molar-refractivity contribution in [2.45, 2.75) is 6.61 Å². The number of non-ortho nitro benzene ring substituents is 1. The van der Waals surface area contributed by atoms with Crippen molar-refractivity contribution < 1.29 is 34.4 Å². The minimum absolute atomic E-state index is 0.0740. The Labute approximate surface area is 327 Å². The molecule has 0 spiro atoms. The van der Waals surface area contributed by atoms with Gasteiger partial charge in [0.15, 0.2) is 5.78 Å². The average Bonchev–Trinajstić information content (AvgIpc) is 3.51. The zero-order valence-corrected chi connectivity index (χ0v) is 30.2. The number of nitro benzene ring substituents is 1. The molecule has 0 fully saturated rings. The van der Waals surface area contributed by atoms with Gasteiger partial charge in [-0.1, -0.05) is 54.6 Å². The summed E-state index contributed by atoms with van der Waals surface area (Å²) in [5, 5.41) is 52.9. The Kier molecular flexibility index (Phi) is 8.48. The third kappa shape index (κ3) is 5.95. The molecule has 0 atom stereocenters. The molecule has 15 nitrogen and oxygen atoms in total. The fraction of sp³-hybridized carbons (Fsp3) is 0.0465. The molecule has 0 bridgehead atoms. The van der Waals surface area contributed by atoms with E-state index in [1.165, 1.54) is 31.3 Å². The molecule has 15 heteroatoms. The number of anilines is 1. The third-order valence-electron chi connectivity index (χ3n) is 10.0. The largest absolute Gasteiger partial charge is 0.506 e. The molecular formula is C43H27N7O8. The number of phenolic OH excluding ortho intramolecular Hbond substituents is 2. The first-order valence-corrected chi connectivity index (χ1v) is 17.7. The van der Waals surface area contributed by atoms with Crippen LogP contribution in [0.25, 0.3) is 32.7 Å². The van der Waals surface area contributed by atoms with Crippen LogP contribution in [0.1, 0.15) is 42.2 Å². The van der Waals surface area contributed by atoms with E-state index in [0.29, 0.717) is 66.6 Å². The summed E-state index contributed by atoms with van der Waals surface area (Å²) in [6, 6.07) is 31.2. The average molecular weight is 770 g/mol. The number of hydrogen-bond donors (Lipinski definition) is 3. The van der Waals surface area contributed by atoms with Crippen LogP contribution in [0.2, 0.25) is 0 Å². The molecule has 0 unspecified atom stereocenters. The lowest BCUT2D eigenvalue weighted by atomic mass is 9.93. The van der Waals surface area contributed by atoms with Crippen molar-refractivity contribution >= 4 is 73.3 Å². The maximum absolute atomic E-state index is 13.8. The first-order chi connectivity index (χ1) is 28.1. The lowest BCUT2D eigenvalue weighted by molar-refractivity contribution is -0.384. The zero-order valence-electron chi connectivity index (χ0n) is 30.2. The highest BCUT2D eigenvalue weighted by Gasteiger charge is 2.32. The van der Waals surface area contributed by atoms with E-state index < -0.39 is 16.7 Å². The van der Waals surface area contributed by atoms with E-state index in [9.17, 15) is 34.7 Å². The molecule has 2 aliphatic rings. The Balaban J connectivity index is 0.970. The summed E-state index contributed by atoms with van der Waals surface area (Å²) in [4.78, 5) is 56.6. The number of azo groups is 2. The summed E-state index contributed by atoms with van der Waals surface area (Å²) >= 11 is 0. The number of imide groups is 1. The van der Waals surface area contributed by atoms with E-state index in [0.717, 1.165) is 10.3 Å². The SMILES string of the molecule is CN1C(=O)c2cccc3c(N=Nc4ccc5c(c4)C(=O)c4cc(N=Nc6c(O)c(CONc7cccc([N+](=O)[O-])c7)cc7ccccc67)ccc4-5)c(O)cc(c23)C1=O. The number of rotatable bonds is 9. The number of aromatic hydroxyl groups is 2. The van der Waals surface area contributed by atoms with E-state index in [1.54, 1.807) is 78.9 Å². The minimum Gasteiger partial charge on any atom is -0.506 e. The van der Waals surface area contributed by atoms with Crippen molar-refractivity contribution in [1.82, 2.24) is 4.90 Å². The highest BCUT2D eigenvalue weighted by Crippen LogP contribution is 2.45. The highest BCUT2D eigenvalue weighted by molar-refractivity contribution is 6.27. The summed E-state index contributed by atoms with van der Waals surface area (Å²) in [5.41, 5.74) is 6.90. The third-order valence-corrected chi connectivity index (χ3v) is 10.0. The quantitative estimate of drug-likeness (QED) is 0.0551. The predicted molar refractivity (Wildman–Crippen MR) is 213 cm³/mol. The van der Waals surface area contributed by atoms with Crippen LogP contribution >= 0.6 is 0 Å². The van der Waals surface area contributed by atoms with Crippen LogP contribution in [-0.4, -0.2) is 44.7 Å². The predicted octanol–water partition coefficient (Wildman–Crippen LogP) is 10.1. The van der Waals surface area contributed by atoms with Crippen LogP contribution < -0.4 is 5.48 Å². The first kappa shape index (κ1) is 35.5. The summed E-state index contributed by atoms with van der Waals surface area (Å²) < 4.78 is 0. The molecule has 1 aliphatic heterocycles. The van der Waals surface area contributed by atoms with Crippen LogP contribution in [0, 0.1) is 10.1 Å². The number of fused-ring (bicyclic) bond motifs is 4. The Morgan fingerprint density at radius 2 is 1.33 bits per heavy atom. The van der Waals surface area contributed by atoms with Crippen molar-refractivity contribution in [1.29, 1.82) is 0 Å². The lowest BCUT2D eigenvalue weighted by Crippen LogP contribution is -2.36. The van der Waals surface area contributed by atoms with E-state index in [2.05, 4.69) is 25.9 Å². The standard InChI is InChI=1S/C43H27N7O8/c1-49-42(54)32-11-5-10-31-37(32)35(43(49)55)20-36(51)38(31)46-44-24-12-14-29-30-15-13-25(19-34(30)41(53)33(29)18-24)45-47-39-28-9-3-2-6-22(28)16-23(40(39)52)21-58-48-26-7-4-8-27(17-26)50(56)57/h2-20,48,51-52H,21H2,1H3. The van der Waals surface area contributed by atoms with E-state index in [-0.39, 0.29) is 46.5 Å². The van der Waals surface area contributed by atoms with Crippen LogP contribution in [0.15, 0.2) is 136 Å². The summed E-state index contributed by atoms with van der Waals surface area (Å²) in [6.07, 6.45) is 0. The van der Waals surface area contributed by atoms with Crippen molar-refractivity contribution in [3.63, 3.8) is 0 Å². The number of phenols is 2. The Hall–Kier alpha value is -8.17. The van der Waals surface area contributed by atoms with Gasteiger partial charge in [-0.2, -0.15) is 10.2 Å². The summed E-state index contributed by atoms with van der Waals surface area (Å²) in [5.74, 6) is -1.73. The molecule has 7 aromatic carbocycles. The summed E-state index contributed by atoms with van der Waals surface area (Å²) in [7, 11) is 1.38. The van der Waals surface area contributed by atoms with Gasteiger partial charge in [0.25, 0.3) is 17.5 Å². The van der Waals surface area contributed by atoms with Crippen LogP contribution in [0.3, 0.4) is 0 Å². The van der Waals surface area contributed by atoms with Crippen LogP contribution in [0.5, 0.6) is 11.5 Å². The number of benzene rings is 7. The maximum Gasteiger partial charge on any atom is 0.271 e. The molecule has 0 aromatic heterocycles. The summed E-state index contributed by atoms with van der Waals surface area (Å²) in [6.45, 7) is -0.111. The van der Waals surface area contributed by atoms with Gasteiger partial charge in [0.1, 0.15) is 29.5 Å². The number of nitrogens with one attached hydrogen (secondary N) is 1. The van der Waals surface area contributed by atoms with E-state index >= 15 is 0 Å². The second-order valence-corrected chi connectivity index (χ2v) is 13.5. The molecule has 0 saturated carbocycles. The zero-order chi connectivity index (χ0) is 40.2. The van der Waals surface area contributed by atoms with E-state index in [1.807, 2.05) is 12.1 Å². The second-order valence-electron chi connectivity index (χ2n) is 13.5. The first-order valence-electron chi connectivity index (χ1n) is 17.7. The molecule has 282 valence electrons. The van der Waals surface area contributed by atoms with Crippen molar-refractivity contribution in [2.75, 3.05) is 12.5 Å². The number of amides is 2. The van der Waals surface area contributed by atoms with Gasteiger partial charge < -0.3 is 10.2 Å². The monoisotopic (exact) mass is 769 g/mol. The Morgan fingerprint density at radius 3 is 2.05 bits per heavy atom. The van der Waals surface area contributed by atoms with E-state index in [4.69, 9.17) is 4.84 Å². The molecule has 7 aromatic rings. The fourth-order valence-corrected chi connectivity index (χ4v) is 7.22. The normalized spacial score (nSPS) is 13.3. The Bertz CT molecular complexity index is 3030. The molecule has 0 saturated heterocycles. The molecule has 1 heterocycles. The van der Waals surface area contributed by atoms with Crippen LogP contribution in [0.4, 0.5) is 34.1 Å². The number of carbonyl (C=O) groups excluding carboxylic acids is 3. The number of nitrogens with zero attached hydrogens (tertiary/aromatic N) is 6. The van der Waals surface area contributed by atoms with Gasteiger partial charge in [0.05, 0.1) is 27.5 Å². The van der Waals surface area contributed by atoms with Gasteiger partial charge in [-0.3, -0.25) is 39.7 Å².